The third-order valence-electron chi connectivity index (χ3n) is 4.74. The van der Waals surface area contributed by atoms with Crippen LogP contribution in [0.15, 0.2) is 77.4 Å². The number of fused-ring (bicyclic) bond motifs is 1. The second-order valence-corrected chi connectivity index (χ2v) is 6.74. The van der Waals surface area contributed by atoms with E-state index >= 15 is 0 Å². The highest BCUT2D eigenvalue weighted by atomic mass is 16.5. The molecule has 0 spiro atoms. The monoisotopic (exact) mass is 370 g/mol. The standard InChI is InChI=1S/C24H22N2O2/c1-3-15-28-23-14-13-18-9-7-8-12-20(18)22(23)16-21-17(2)25-26(24(21)27)19-10-5-4-6-11-19/h4-14,16H,3,15H2,1-2H3. The Labute approximate surface area is 164 Å². The van der Waals surface area contributed by atoms with Gasteiger partial charge in [0.1, 0.15) is 5.75 Å². The molecule has 0 N–H and O–H groups in total. The van der Waals surface area contributed by atoms with Gasteiger partial charge in [-0.3, -0.25) is 4.79 Å². The minimum absolute atomic E-state index is 0.127. The number of hydrogen-bond donors (Lipinski definition) is 0. The number of rotatable bonds is 5. The fourth-order valence-electron chi connectivity index (χ4n) is 3.34. The number of hydrogen-bond acceptors (Lipinski definition) is 3. The predicted molar refractivity (Wildman–Crippen MR) is 115 cm³/mol. The molecule has 0 fully saturated rings. The first kappa shape index (κ1) is 18.0. The van der Waals surface area contributed by atoms with Gasteiger partial charge in [-0.1, -0.05) is 55.5 Å². The maximum absolute atomic E-state index is 13.1. The van der Waals surface area contributed by atoms with Gasteiger partial charge in [0, 0.05) is 5.56 Å². The summed E-state index contributed by atoms with van der Waals surface area (Å²) in [6.45, 7) is 4.57. The van der Waals surface area contributed by atoms with E-state index in [1.54, 1.807) is 0 Å². The SMILES string of the molecule is CCCOc1ccc2ccccc2c1C=C1C(=O)N(c2ccccc2)N=C1C. The van der Waals surface area contributed by atoms with Gasteiger partial charge >= 0.3 is 0 Å². The highest BCUT2D eigenvalue weighted by molar-refractivity contribution is 6.32. The highest BCUT2D eigenvalue weighted by Crippen LogP contribution is 2.32. The molecule has 0 saturated carbocycles. The van der Waals surface area contributed by atoms with E-state index in [0.29, 0.717) is 17.9 Å². The van der Waals surface area contributed by atoms with Gasteiger partial charge in [-0.15, -0.1) is 0 Å². The highest BCUT2D eigenvalue weighted by Gasteiger charge is 2.29. The molecular formula is C24H22N2O2. The fourth-order valence-corrected chi connectivity index (χ4v) is 3.34. The maximum Gasteiger partial charge on any atom is 0.280 e. The lowest BCUT2D eigenvalue weighted by Gasteiger charge is -2.13. The molecule has 0 aliphatic carbocycles. The van der Waals surface area contributed by atoms with Gasteiger partial charge in [-0.25, -0.2) is 0 Å². The quantitative estimate of drug-likeness (QED) is 0.562. The van der Waals surface area contributed by atoms with Crippen LogP contribution in [0.1, 0.15) is 25.8 Å². The van der Waals surface area contributed by atoms with Crippen LogP contribution in [0.5, 0.6) is 5.75 Å². The Hall–Kier alpha value is -3.40. The van der Waals surface area contributed by atoms with E-state index < -0.39 is 0 Å². The fraction of sp³-hybridized carbons (Fsp3) is 0.167. The van der Waals surface area contributed by atoms with Crippen LogP contribution in [0.4, 0.5) is 5.69 Å². The van der Waals surface area contributed by atoms with Crippen LogP contribution in [0, 0.1) is 0 Å². The molecule has 3 aromatic carbocycles. The van der Waals surface area contributed by atoms with Crippen LogP contribution in [0.3, 0.4) is 0 Å². The van der Waals surface area contributed by atoms with Crippen molar-refractivity contribution in [2.45, 2.75) is 20.3 Å². The van der Waals surface area contributed by atoms with Crippen molar-refractivity contribution in [3.63, 3.8) is 0 Å². The number of carbonyl (C=O) groups is 1. The molecular weight excluding hydrogens is 348 g/mol. The number of anilines is 1. The molecule has 0 unspecified atom stereocenters. The Morgan fingerprint density at radius 1 is 1.00 bits per heavy atom. The topological polar surface area (TPSA) is 41.9 Å². The predicted octanol–water partition coefficient (Wildman–Crippen LogP) is 5.43. The Morgan fingerprint density at radius 2 is 1.75 bits per heavy atom. The number of carbonyl (C=O) groups excluding carboxylic acids is 1. The molecule has 1 heterocycles. The van der Waals surface area contributed by atoms with Crippen LogP contribution < -0.4 is 9.75 Å². The summed E-state index contributed by atoms with van der Waals surface area (Å²) in [5.41, 5.74) is 2.96. The number of ether oxygens (including phenoxy) is 1. The van der Waals surface area contributed by atoms with Crippen molar-refractivity contribution >= 4 is 34.2 Å². The van der Waals surface area contributed by atoms with Crippen molar-refractivity contribution in [3.05, 3.63) is 77.9 Å². The number of hydrazone groups is 1. The lowest BCUT2D eigenvalue weighted by Crippen LogP contribution is -2.21. The second-order valence-electron chi connectivity index (χ2n) is 6.74. The molecule has 0 aromatic heterocycles. The molecule has 140 valence electrons. The molecule has 1 aliphatic rings. The molecule has 0 atom stereocenters. The molecule has 0 radical (unpaired) electrons. The van der Waals surface area contributed by atoms with E-state index in [0.717, 1.165) is 34.2 Å². The summed E-state index contributed by atoms with van der Waals surface area (Å²) in [6.07, 6.45) is 2.83. The zero-order chi connectivity index (χ0) is 19.5. The van der Waals surface area contributed by atoms with Crippen LogP contribution >= 0.6 is 0 Å². The Bertz CT molecular complexity index is 1080. The van der Waals surface area contributed by atoms with Crippen molar-refractivity contribution in [2.24, 2.45) is 5.10 Å². The molecule has 4 nitrogen and oxygen atoms in total. The van der Waals surface area contributed by atoms with Gasteiger partial charge in [0.25, 0.3) is 5.91 Å². The van der Waals surface area contributed by atoms with Gasteiger partial charge in [0.2, 0.25) is 0 Å². The molecule has 28 heavy (non-hydrogen) atoms. The van der Waals surface area contributed by atoms with E-state index in [-0.39, 0.29) is 5.91 Å². The van der Waals surface area contributed by atoms with Crippen LogP contribution in [0.2, 0.25) is 0 Å². The summed E-state index contributed by atoms with van der Waals surface area (Å²) < 4.78 is 5.98. The normalized spacial score (nSPS) is 15.4. The minimum Gasteiger partial charge on any atom is -0.493 e. The second kappa shape index (κ2) is 7.69. The van der Waals surface area contributed by atoms with Crippen molar-refractivity contribution in [1.82, 2.24) is 0 Å². The van der Waals surface area contributed by atoms with Gasteiger partial charge in [0.15, 0.2) is 0 Å². The van der Waals surface area contributed by atoms with Gasteiger partial charge < -0.3 is 4.74 Å². The summed E-state index contributed by atoms with van der Waals surface area (Å²) in [5, 5.41) is 8.10. The summed E-state index contributed by atoms with van der Waals surface area (Å²) >= 11 is 0. The van der Waals surface area contributed by atoms with Crippen molar-refractivity contribution in [1.29, 1.82) is 0 Å². The van der Waals surface area contributed by atoms with Crippen molar-refractivity contribution < 1.29 is 9.53 Å². The lowest BCUT2D eigenvalue weighted by atomic mass is 9.99. The summed E-state index contributed by atoms with van der Waals surface area (Å²) in [5.74, 6) is 0.657. The van der Waals surface area contributed by atoms with Gasteiger partial charge in [-0.2, -0.15) is 10.1 Å². The Balaban J connectivity index is 1.81. The van der Waals surface area contributed by atoms with E-state index in [1.165, 1.54) is 5.01 Å². The summed E-state index contributed by atoms with van der Waals surface area (Å²) in [7, 11) is 0. The average molecular weight is 370 g/mol. The zero-order valence-corrected chi connectivity index (χ0v) is 16.1. The molecule has 1 aliphatic heterocycles. The number of benzene rings is 3. The zero-order valence-electron chi connectivity index (χ0n) is 16.1. The van der Waals surface area contributed by atoms with E-state index in [1.807, 2.05) is 61.5 Å². The largest absolute Gasteiger partial charge is 0.493 e. The first-order valence-electron chi connectivity index (χ1n) is 9.50. The van der Waals surface area contributed by atoms with Gasteiger partial charge in [-0.05, 0) is 48.4 Å². The summed E-state index contributed by atoms with van der Waals surface area (Å²) in [6, 6.07) is 21.6. The first-order valence-corrected chi connectivity index (χ1v) is 9.50. The number of para-hydroxylation sites is 1. The third kappa shape index (κ3) is 3.29. The van der Waals surface area contributed by atoms with E-state index in [4.69, 9.17) is 4.74 Å². The summed E-state index contributed by atoms with van der Waals surface area (Å²) in [4.78, 5) is 13.1. The molecule has 4 heteroatoms. The molecule has 4 rings (SSSR count). The van der Waals surface area contributed by atoms with Crippen molar-refractivity contribution in [3.8, 4) is 5.75 Å². The molecule has 0 saturated heterocycles. The molecule has 1 amide bonds. The maximum atomic E-state index is 13.1. The first-order chi connectivity index (χ1) is 13.7. The number of nitrogens with zero attached hydrogens (tertiary/aromatic N) is 2. The smallest absolute Gasteiger partial charge is 0.280 e. The van der Waals surface area contributed by atoms with E-state index in [2.05, 4.69) is 30.2 Å². The van der Waals surface area contributed by atoms with E-state index in [9.17, 15) is 4.79 Å². The average Bonchev–Trinajstić information content (AvgIpc) is 3.02. The molecule has 3 aromatic rings. The number of amides is 1. The van der Waals surface area contributed by atoms with Crippen LogP contribution in [-0.2, 0) is 4.79 Å². The van der Waals surface area contributed by atoms with Gasteiger partial charge in [0.05, 0.1) is 23.6 Å². The van der Waals surface area contributed by atoms with Crippen molar-refractivity contribution in [2.75, 3.05) is 11.6 Å². The molecule has 0 bridgehead atoms. The van der Waals surface area contributed by atoms with Crippen LogP contribution in [0.25, 0.3) is 16.8 Å². The minimum atomic E-state index is -0.127. The van der Waals surface area contributed by atoms with Crippen LogP contribution in [-0.4, -0.2) is 18.2 Å². The third-order valence-corrected chi connectivity index (χ3v) is 4.74. The lowest BCUT2D eigenvalue weighted by molar-refractivity contribution is -0.114. The Kier molecular flexibility index (Phi) is 4.94. The Morgan fingerprint density at radius 3 is 2.54 bits per heavy atom.